The van der Waals surface area contributed by atoms with Gasteiger partial charge in [-0.2, -0.15) is 0 Å². The molecule has 0 radical (unpaired) electrons. The number of carbonyl (C=O) groups is 16. The van der Waals surface area contributed by atoms with Gasteiger partial charge in [0.2, 0.25) is 11.8 Å². The highest BCUT2D eigenvalue weighted by atomic mass is 16.6. The molecule has 0 spiro atoms. The lowest BCUT2D eigenvalue weighted by molar-refractivity contribution is -0.148. The van der Waals surface area contributed by atoms with Gasteiger partial charge in [-0.05, 0) is 88.4 Å². The van der Waals surface area contributed by atoms with Crippen LogP contribution in [0.4, 0.5) is 24.0 Å². The van der Waals surface area contributed by atoms with Gasteiger partial charge >= 0.3 is 36.4 Å². The number of rotatable bonds is 28. The highest BCUT2D eigenvalue weighted by Gasteiger charge is 2.44. The largest absolute Gasteiger partial charge is 0.469 e. The molecule has 12 atom stereocenters. The zero-order valence-corrected chi connectivity index (χ0v) is 88.3. The molecular weight excluding hydrogens is 1700 g/mol. The summed E-state index contributed by atoms with van der Waals surface area (Å²) in [4.78, 5) is 187. The van der Waals surface area contributed by atoms with E-state index in [9.17, 15) is 81.8 Å². The molecule has 2 heterocycles. The van der Waals surface area contributed by atoms with Crippen molar-refractivity contribution in [1.29, 1.82) is 0 Å². The van der Waals surface area contributed by atoms with E-state index in [0.29, 0.717) is 32.7 Å². The molecule has 0 aromatic carbocycles. The van der Waals surface area contributed by atoms with E-state index in [4.69, 9.17) is 18.9 Å². The Hall–Kier alpha value is -8.08. The summed E-state index contributed by atoms with van der Waals surface area (Å²) in [7, 11) is 10.8. The number of esters is 1. The minimum Gasteiger partial charge on any atom is -0.469 e. The summed E-state index contributed by atoms with van der Waals surface area (Å²) in [5.41, 5.74) is -4.13. The van der Waals surface area contributed by atoms with Crippen molar-refractivity contribution in [2.45, 2.75) is 367 Å². The van der Waals surface area contributed by atoms with Crippen molar-refractivity contribution in [1.82, 2.24) is 37.2 Å². The van der Waals surface area contributed by atoms with Crippen LogP contribution in [-0.2, 0) is 100 Å². The maximum Gasteiger partial charge on any atom is 0.407 e. The van der Waals surface area contributed by atoms with E-state index in [1.54, 1.807) is 62.3 Å². The first-order chi connectivity index (χ1) is 59.4. The molecule has 0 aromatic rings. The fourth-order valence-corrected chi connectivity index (χ4v) is 13.1. The van der Waals surface area contributed by atoms with Crippen molar-refractivity contribution in [2.24, 2.45) is 78.3 Å². The van der Waals surface area contributed by atoms with Crippen LogP contribution in [0.15, 0.2) is 0 Å². The Balaban J connectivity index is -0.000000462. The van der Waals surface area contributed by atoms with Crippen LogP contribution >= 0.6 is 0 Å². The van der Waals surface area contributed by atoms with Crippen molar-refractivity contribution in [2.75, 3.05) is 83.3 Å². The highest BCUT2D eigenvalue weighted by molar-refractivity contribution is 5.96. The lowest BCUT2D eigenvalue weighted by Crippen LogP contribution is -2.52. The Morgan fingerprint density at radius 2 is 0.687 bits per heavy atom. The average Bonchev–Trinajstić information content (AvgIpc) is 1.23. The van der Waals surface area contributed by atoms with Crippen LogP contribution in [-0.4, -0.2) is 244 Å². The molecule has 2 saturated heterocycles. The van der Waals surface area contributed by atoms with Crippen LogP contribution in [0.25, 0.3) is 0 Å². The van der Waals surface area contributed by atoms with Gasteiger partial charge in [0.25, 0.3) is 0 Å². The van der Waals surface area contributed by atoms with Crippen molar-refractivity contribution < 1.29 is 129 Å². The molecule has 764 valence electrons. The van der Waals surface area contributed by atoms with Gasteiger partial charge in [0.1, 0.15) is 17.9 Å². The van der Waals surface area contributed by atoms with Gasteiger partial charge in [-0.3, -0.25) is 52.7 Å². The molecule has 34 heteroatoms. The number of aliphatic hydroxyl groups excluding tert-OH is 1. The van der Waals surface area contributed by atoms with E-state index in [2.05, 4.69) is 65.6 Å². The van der Waals surface area contributed by atoms with Crippen molar-refractivity contribution in [3.8, 4) is 0 Å². The maximum atomic E-state index is 12.5. The predicted molar refractivity (Wildman–Crippen MR) is 505 cm³/mol. The molecule has 0 aromatic heterocycles. The highest BCUT2D eigenvalue weighted by Crippen LogP contribution is 2.35. The number of ether oxygens (including phenoxy) is 10. The van der Waals surface area contributed by atoms with E-state index in [1.165, 1.54) is 63.8 Å². The molecule has 34 nitrogen and oxygen atoms in total. The van der Waals surface area contributed by atoms with Gasteiger partial charge < -0.3 is 89.7 Å². The first-order valence-corrected chi connectivity index (χ1v) is 45.5. The molecule has 7 amide bonds. The Morgan fingerprint density at radius 1 is 0.366 bits per heavy atom. The Kier molecular flexibility index (Phi) is 61.2. The van der Waals surface area contributed by atoms with E-state index in [-0.39, 0.29) is 118 Å². The van der Waals surface area contributed by atoms with Crippen molar-refractivity contribution in [3.63, 3.8) is 0 Å². The minimum absolute atomic E-state index is 0.0166. The smallest absolute Gasteiger partial charge is 0.407 e. The average molecular weight is 1880 g/mol. The summed E-state index contributed by atoms with van der Waals surface area (Å²) < 4.78 is 48.2. The summed E-state index contributed by atoms with van der Waals surface area (Å²) in [6.45, 7) is 64.7. The third-order valence-electron chi connectivity index (χ3n) is 21.3. The molecule has 2 aliphatic heterocycles. The number of carbonyl (C=O) groups excluding carboxylic acids is 16. The van der Waals surface area contributed by atoms with Crippen molar-refractivity contribution in [3.05, 3.63) is 0 Å². The number of nitrogens with one attached hydrogen (secondary N) is 7. The summed E-state index contributed by atoms with van der Waals surface area (Å²) >= 11 is 0. The standard InChI is InChI=1S/C14H25NO4.C13H23NO4.C13H23NO3.C13H25NO2.C12H22O4.2C11H21NO3.C10H19NO4/c1-9-8-10(6-7-19-9)11(15-13(17)18-5)12(16)14(2,3)4;1-13(2,3)11(15)10(14-12(16)17-4)9-5-7-18-8-6-9;1-13(2,3)11(15)10(14-12(16)17-4)9-7-5-6-8-9;1-8-9(15)14-10(12(2,3)4)11(16)13(5,6)7;1-8(15-5)9(7-10(13)16-6)11(14)12(2,3)4;1-7(2)8(12-10(14)15-6)9(13)11(3,4)5;1-6-8(14)12-9(7(2)13)10(15)11(3,4)5;1-10(2,3)8(12)7(6-14-4)11-9(13)15-5/h9-11H,6-8H2,1-5H3,(H,15,17);9-10H,5-8H2,1-4H3,(H,14,16);9-10H,5-8H2,1-4H3,(H,14,16);10H,8H2,1-7H3,(H,14,15);8-9H,7H2,1-6H3;7-8H,1-6H3,(H,12,14);7,9,13H,6H2,1-5H3,(H,12,14);7H,6H2,1-5H3,(H,11,13). The van der Waals surface area contributed by atoms with Crippen molar-refractivity contribution >= 4 is 94.5 Å². The van der Waals surface area contributed by atoms with Crippen LogP contribution in [0.5, 0.6) is 0 Å². The Morgan fingerprint density at radius 3 is 0.985 bits per heavy atom. The molecule has 12 unspecified atom stereocenters. The van der Waals surface area contributed by atoms with Gasteiger partial charge in [-0.25, -0.2) is 24.0 Å². The van der Waals surface area contributed by atoms with E-state index in [1.807, 2.05) is 166 Å². The Bertz CT molecular complexity index is 3470. The van der Waals surface area contributed by atoms with Gasteiger partial charge in [-0.1, -0.05) is 227 Å². The quantitative estimate of drug-likeness (QED) is 0.0266. The molecule has 3 fully saturated rings. The van der Waals surface area contributed by atoms with Crippen LogP contribution in [0.3, 0.4) is 0 Å². The number of amides is 7. The number of hydrogen-bond donors (Lipinski definition) is 8. The summed E-state index contributed by atoms with van der Waals surface area (Å²) in [6, 6.07) is -3.76. The number of methoxy groups -OCH3 is 8. The van der Waals surface area contributed by atoms with Gasteiger partial charge in [-0.15, -0.1) is 0 Å². The van der Waals surface area contributed by atoms with Crippen LogP contribution in [0, 0.1) is 78.3 Å². The third kappa shape index (κ3) is 54.2. The first-order valence-electron chi connectivity index (χ1n) is 45.5. The van der Waals surface area contributed by atoms with Crippen LogP contribution < -0.4 is 37.2 Å². The van der Waals surface area contributed by atoms with E-state index >= 15 is 0 Å². The topological polar surface area (TPSA) is 470 Å². The first kappa shape index (κ1) is 131. The number of alkyl carbamates (subject to hydrolysis) is 5. The molecule has 0 bridgehead atoms. The van der Waals surface area contributed by atoms with Gasteiger partial charge in [0.15, 0.2) is 40.5 Å². The monoisotopic (exact) mass is 1870 g/mol. The maximum absolute atomic E-state index is 12.5. The van der Waals surface area contributed by atoms with Gasteiger partial charge in [0, 0.05) is 90.2 Å². The fraction of sp³-hybridized carbons (Fsp3) is 0.835. The molecular formula is C97H179N7O27. The molecule has 3 aliphatic rings. The third-order valence-corrected chi connectivity index (χ3v) is 21.3. The minimum atomic E-state index is -0.868. The van der Waals surface area contributed by atoms with Crippen LogP contribution in [0.2, 0.25) is 0 Å². The molecule has 1 aliphatic carbocycles. The van der Waals surface area contributed by atoms with E-state index in [0.717, 1.165) is 51.4 Å². The van der Waals surface area contributed by atoms with Gasteiger partial charge in [0.05, 0.1) is 110 Å². The SMILES string of the molecule is CCC(=O)NC(C(=O)C(C)(C)C)C(C)(C)C.CCC(=O)NC(C(=O)C(C)(C)C)C(C)O.COC(=O)CC(C(=O)C(C)(C)C)C(C)OC.COC(=O)NC(C(=O)C(C)(C)C)C(C)C.COC(=O)NC(C(=O)C(C)(C)C)C1CCCC1.COC(=O)NC(C(=O)C(C)(C)C)C1CCOC(C)C1.COC(=O)NC(C(=O)C(C)(C)C)C1CCOCC1.COCC(NC(=O)OC)C(=O)C(C)(C)C. The number of aliphatic hydroxyl groups is 1. The zero-order chi connectivity index (χ0) is 104. The lowest BCUT2D eigenvalue weighted by atomic mass is 9.75. The number of hydrogen-bond acceptors (Lipinski definition) is 27. The zero-order valence-electron chi connectivity index (χ0n) is 88.3. The predicted octanol–water partition coefficient (Wildman–Crippen LogP) is 14.6. The summed E-state index contributed by atoms with van der Waals surface area (Å²) in [5.74, 6) is -0.520. The molecule has 131 heavy (non-hydrogen) atoms. The normalized spacial score (nSPS) is 17.3. The number of Topliss-reactive ketones (excluding diaryl/α,β-unsaturated/α-hetero) is 8. The number of ketones is 8. The Labute approximate surface area is 785 Å². The second-order valence-corrected chi connectivity index (χ2v) is 42.9. The molecule has 8 N–H and O–H groups in total. The van der Waals surface area contributed by atoms with E-state index < -0.39 is 128 Å². The molecule has 1 saturated carbocycles. The summed E-state index contributed by atoms with van der Waals surface area (Å²) in [5, 5.41) is 27.9. The summed E-state index contributed by atoms with van der Waals surface area (Å²) in [6.07, 6.45) is 4.37. The second kappa shape index (κ2) is 61.0. The molecule has 3 rings (SSSR count). The fourth-order valence-electron chi connectivity index (χ4n) is 13.1. The van der Waals surface area contributed by atoms with Crippen LogP contribution in [0.1, 0.15) is 306 Å². The second-order valence-electron chi connectivity index (χ2n) is 42.9. The lowest BCUT2D eigenvalue weighted by Gasteiger charge is -2.35.